The summed E-state index contributed by atoms with van der Waals surface area (Å²) in [6, 6.07) is 14.6. The number of hydrogen-bond acceptors (Lipinski definition) is 6. The number of nitrogens with one attached hydrogen (secondary N) is 1. The molecule has 0 atom stereocenters. The number of carbonyl (C=O) groups excluding carboxylic acids is 1. The fraction of sp³-hybridized carbons (Fsp3) is 0.105. The van der Waals surface area contributed by atoms with Crippen LogP contribution in [0.3, 0.4) is 0 Å². The number of aromatic nitrogens is 1. The van der Waals surface area contributed by atoms with E-state index >= 15 is 0 Å². The molecular formula is C19H16N4OS. The standard InChI is InChI=1S/C19H16N4OS/c1-11-6-7-15(8-12(11)2)22-19-23-18(21)17(25-19)16(24)14-5-3-4-13(9-14)10-20/h3-9H,21H2,1-2H3,(H,22,23). The molecule has 0 fully saturated rings. The lowest BCUT2D eigenvalue weighted by atomic mass is 10.1. The Labute approximate surface area is 149 Å². The van der Waals surface area contributed by atoms with Crippen LogP contribution in [0.15, 0.2) is 42.5 Å². The van der Waals surface area contributed by atoms with Gasteiger partial charge in [0.25, 0.3) is 0 Å². The summed E-state index contributed by atoms with van der Waals surface area (Å²) >= 11 is 1.20. The van der Waals surface area contributed by atoms with E-state index in [0.717, 1.165) is 5.69 Å². The minimum Gasteiger partial charge on any atom is -0.382 e. The van der Waals surface area contributed by atoms with Crippen molar-refractivity contribution in [2.75, 3.05) is 11.1 Å². The van der Waals surface area contributed by atoms with E-state index in [0.29, 0.717) is 21.1 Å². The lowest BCUT2D eigenvalue weighted by molar-refractivity contribution is 0.104. The van der Waals surface area contributed by atoms with Crippen LogP contribution in [0, 0.1) is 25.2 Å². The summed E-state index contributed by atoms with van der Waals surface area (Å²) in [5.41, 5.74) is 10.1. The number of hydrogen-bond donors (Lipinski definition) is 2. The predicted molar refractivity (Wildman–Crippen MR) is 100 cm³/mol. The Morgan fingerprint density at radius 1 is 1.20 bits per heavy atom. The quantitative estimate of drug-likeness (QED) is 0.690. The Hall–Kier alpha value is -3.17. The van der Waals surface area contributed by atoms with Crippen molar-refractivity contribution in [1.29, 1.82) is 5.26 Å². The van der Waals surface area contributed by atoms with Gasteiger partial charge in [-0.05, 0) is 49.2 Å². The molecule has 0 unspecified atom stereocenters. The van der Waals surface area contributed by atoms with Crippen LogP contribution in [0.25, 0.3) is 0 Å². The van der Waals surface area contributed by atoms with Crippen molar-refractivity contribution >= 4 is 33.8 Å². The topological polar surface area (TPSA) is 91.8 Å². The number of nitriles is 1. The molecule has 3 rings (SSSR count). The van der Waals surface area contributed by atoms with Gasteiger partial charge in [-0.25, -0.2) is 4.98 Å². The highest BCUT2D eigenvalue weighted by atomic mass is 32.1. The fourth-order valence-corrected chi connectivity index (χ4v) is 3.22. The molecule has 124 valence electrons. The molecule has 0 amide bonds. The van der Waals surface area contributed by atoms with Crippen molar-refractivity contribution in [2.24, 2.45) is 0 Å². The van der Waals surface area contributed by atoms with Gasteiger partial charge >= 0.3 is 0 Å². The summed E-state index contributed by atoms with van der Waals surface area (Å²) in [6.45, 7) is 4.08. The number of anilines is 3. The normalized spacial score (nSPS) is 10.3. The summed E-state index contributed by atoms with van der Waals surface area (Å²) in [6.07, 6.45) is 0. The second-order valence-corrected chi connectivity index (χ2v) is 6.68. The maximum absolute atomic E-state index is 12.7. The van der Waals surface area contributed by atoms with Gasteiger partial charge in [0.1, 0.15) is 10.7 Å². The number of benzene rings is 2. The molecule has 0 saturated heterocycles. The van der Waals surface area contributed by atoms with Gasteiger partial charge in [0.2, 0.25) is 5.78 Å². The number of ketones is 1. The number of thiazole rings is 1. The lowest BCUT2D eigenvalue weighted by Crippen LogP contribution is -2.02. The van der Waals surface area contributed by atoms with Crippen LogP contribution >= 0.6 is 11.3 Å². The van der Waals surface area contributed by atoms with Crippen LogP contribution in [0.2, 0.25) is 0 Å². The third-order valence-corrected chi connectivity index (χ3v) is 4.86. The number of carbonyl (C=O) groups is 1. The van der Waals surface area contributed by atoms with E-state index in [1.807, 2.05) is 38.1 Å². The number of nitrogens with two attached hydrogens (primary N) is 1. The highest BCUT2D eigenvalue weighted by Crippen LogP contribution is 2.30. The van der Waals surface area contributed by atoms with Crippen LogP contribution in [0.1, 0.15) is 31.9 Å². The summed E-state index contributed by atoms with van der Waals surface area (Å²) in [4.78, 5) is 17.3. The van der Waals surface area contributed by atoms with Gasteiger partial charge in [0.15, 0.2) is 5.13 Å². The summed E-state index contributed by atoms with van der Waals surface area (Å²) < 4.78 is 0. The molecule has 0 saturated carbocycles. The van der Waals surface area contributed by atoms with Crippen LogP contribution in [-0.4, -0.2) is 10.8 Å². The van der Waals surface area contributed by atoms with Crippen molar-refractivity contribution < 1.29 is 4.79 Å². The highest BCUT2D eigenvalue weighted by molar-refractivity contribution is 7.18. The Morgan fingerprint density at radius 2 is 2.00 bits per heavy atom. The monoisotopic (exact) mass is 348 g/mol. The third kappa shape index (κ3) is 3.52. The molecule has 5 nitrogen and oxygen atoms in total. The molecule has 0 aliphatic rings. The minimum absolute atomic E-state index is 0.184. The molecule has 2 aromatic carbocycles. The Kier molecular flexibility index (Phi) is 4.50. The van der Waals surface area contributed by atoms with Gasteiger partial charge in [0.05, 0.1) is 11.6 Å². The van der Waals surface area contributed by atoms with E-state index in [4.69, 9.17) is 11.0 Å². The SMILES string of the molecule is Cc1ccc(Nc2nc(N)c(C(=O)c3cccc(C#N)c3)s2)cc1C. The molecule has 6 heteroatoms. The first-order valence-corrected chi connectivity index (χ1v) is 8.45. The molecule has 0 spiro atoms. The first-order valence-electron chi connectivity index (χ1n) is 7.63. The smallest absolute Gasteiger partial charge is 0.206 e. The van der Waals surface area contributed by atoms with E-state index in [-0.39, 0.29) is 11.6 Å². The van der Waals surface area contributed by atoms with Crippen molar-refractivity contribution in [3.63, 3.8) is 0 Å². The largest absolute Gasteiger partial charge is 0.382 e. The fourth-order valence-electron chi connectivity index (χ4n) is 2.35. The second kappa shape index (κ2) is 6.75. The maximum Gasteiger partial charge on any atom is 0.206 e. The average molecular weight is 348 g/mol. The number of rotatable bonds is 4. The zero-order chi connectivity index (χ0) is 18.0. The Morgan fingerprint density at radius 3 is 2.72 bits per heavy atom. The molecule has 1 aromatic heterocycles. The Balaban J connectivity index is 1.88. The molecule has 0 radical (unpaired) electrons. The van der Waals surface area contributed by atoms with Crippen LogP contribution in [0.4, 0.5) is 16.6 Å². The van der Waals surface area contributed by atoms with Gasteiger partial charge in [-0.2, -0.15) is 5.26 Å². The third-order valence-electron chi connectivity index (χ3n) is 3.87. The zero-order valence-electron chi connectivity index (χ0n) is 13.8. The minimum atomic E-state index is -0.236. The lowest BCUT2D eigenvalue weighted by Gasteiger charge is -2.05. The van der Waals surface area contributed by atoms with E-state index in [1.54, 1.807) is 24.3 Å². The molecule has 3 N–H and O–H groups in total. The first kappa shape index (κ1) is 16.7. The van der Waals surface area contributed by atoms with E-state index in [1.165, 1.54) is 22.5 Å². The van der Waals surface area contributed by atoms with Crippen LogP contribution < -0.4 is 11.1 Å². The average Bonchev–Trinajstić information content (AvgIpc) is 2.97. The van der Waals surface area contributed by atoms with Crippen molar-refractivity contribution in [3.8, 4) is 6.07 Å². The molecule has 1 heterocycles. The molecule has 0 aliphatic heterocycles. The van der Waals surface area contributed by atoms with Crippen molar-refractivity contribution in [1.82, 2.24) is 4.98 Å². The van der Waals surface area contributed by atoms with Crippen LogP contribution in [-0.2, 0) is 0 Å². The highest BCUT2D eigenvalue weighted by Gasteiger charge is 2.18. The van der Waals surface area contributed by atoms with E-state index in [9.17, 15) is 4.79 Å². The number of nitrogen functional groups attached to an aromatic ring is 1. The van der Waals surface area contributed by atoms with Crippen LogP contribution in [0.5, 0.6) is 0 Å². The van der Waals surface area contributed by atoms with E-state index in [2.05, 4.69) is 10.3 Å². The predicted octanol–water partition coefficient (Wildman–Crippen LogP) is 4.19. The summed E-state index contributed by atoms with van der Waals surface area (Å²) in [5, 5.41) is 12.7. The van der Waals surface area contributed by atoms with Crippen molar-refractivity contribution in [3.05, 3.63) is 69.6 Å². The molecule has 0 bridgehead atoms. The summed E-state index contributed by atoms with van der Waals surface area (Å²) in [7, 11) is 0. The molecule has 25 heavy (non-hydrogen) atoms. The summed E-state index contributed by atoms with van der Waals surface area (Å²) in [5.74, 6) is -0.0519. The van der Waals surface area contributed by atoms with Gasteiger partial charge < -0.3 is 11.1 Å². The molecule has 0 aliphatic carbocycles. The van der Waals surface area contributed by atoms with Gasteiger partial charge in [0, 0.05) is 11.3 Å². The molecular weight excluding hydrogens is 332 g/mol. The number of aryl methyl sites for hydroxylation is 2. The van der Waals surface area contributed by atoms with Gasteiger partial charge in [-0.3, -0.25) is 4.79 Å². The van der Waals surface area contributed by atoms with Crippen molar-refractivity contribution in [2.45, 2.75) is 13.8 Å². The van der Waals surface area contributed by atoms with Gasteiger partial charge in [-0.15, -0.1) is 0 Å². The zero-order valence-corrected chi connectivity index (χ0v) is 14.6. The first-order chi connectivity index (χ1) is 12.0. The Bertz CT molecular complexity index is 1000. The van der Waals surface area contributed by atoms with E-state index < -0.39 is 0 Å². The number of nitrogens with zero attached hydrogens (tertiary/aromatic N) is 2. The second-order valence-electron chi connectivity index (χ2n) is 5.68. The van der Waals surface area contributed by atoms with Gasteiger partial charge in [-0.1, -0.05) is 29.5 Å². The maximum atomic E-state index is 12.7. The molecule has 3 aromatic rings.